The molecule has 0 aliphatic carbocycles. The maximum Gasteiger partial charge on any atom is 0.230 e. The number of piperidine rings is 1. The lowest BCUT2D eigenvalue weighted by atomic mass is 9.99. The Hall–Kier alpha value is -0.650. The van der Waals surface area contributed by atoms with Gasteiger partial charge in [-0.25, -0.2) is 4.98 Å². The zero-order chi connectivity index (χ0) is 11.5. The fourth-order valence-corrected chi connectivity index (χ4v) is 2.63. The highest BCUT2D eigenvalue weighted by molar-refractivity contribution is 7.15. The molecule has 2 rings (SSSR count). The third-order valence-corrected chi connectivity index (χ3v) is 3.91. The normalized spacial score (nSPS) is 19.5. The summed E-state index contributed by atoms with van der Waals surface area (Å²) in [7, 11) is 0. The number of anilines is 1. The number of amides is 1. The maximum absolute atomic E-state index is 11.9. The molecule has 0 radical (unpaired) electrons. The molecule has 0 unspecified atom stereocenters. The number of thiazole rings is 1. The Balaban J connectivity index is 0.00000144. The topological polar surface area (TPSA) is 54.0 Å². The first-order valence-electron chi connectivity index (χ1n) is 5.62. The van der Waals surface area contributed by atoms with Crippen LogP contribution in [0.25, 0.3) is 0 Å². The fourth-order valence-electron chi connectivity index (χ4n) is 1.81. The van der Waals surface area contributed by atoms with Crippen molar-refractivity contribution in [2.24, 2.45) is 5.92 Å². The van der Waals surface area contributed by atoms with Crippen LogP contribution in [-0.2, 0) is 4.79 Å². The summed E-state index contributed by atoms with van der Waals surface area (Å²) in [4.78, 5) is 17.4. The van der Waals surface area contributed by atoms with Crippen molar-refractivity contribution >= 4 is 34.8 Å². The van der Waals surface area contributed by atoms with Gasteiger partial charge in [0.1, 0.15) is 0 Å². The third-order valence-electron chi connectivity index (χ3n) is 2.93. The van der Waals surface area contributed by atoms with Crippen LogP contribution < -0.4 is 10.6 Å². The summed E-state index contributed by atoms with van der Waals surface area (Å²) in [6.07, 6.45) is 2.05. The molecule has 1 aromatic heterocycles. The molecule has 1 saturated heterocycles. The van der Waals surface area contributed by atoms with Crippen LogP contribution in [0.5, 0.6) is 0 Å². The first-order valence-corrected chi connectivity index (χ1v) is 6.44. The Morgan fingerprint density at radius 3 is 2.82 bits per heavy atom. The molecule has 0 aromatic carbocycles. The summed E-state index contributed by atoms with van der Waals surface area (Å²) in [6, 6.07) is 0. The van der Waals surface area contributed by atoms with Crippen molar-refractivity contribution in [1.29, 1.82) is 0 Å². The summed E-state index contributed by atoms with van der Waals surface area (Å²) < 4.78 is 0. The third kappa shape index (κ3) is 3.66. The maximum atomic E-state index is 11.9. The number of aryl methyl sites for hydroxylation is 2. The molecule has 1 aromatic rings. The second-order valence-electron chi connectivity index (χ2n) is 4.19. The number of hydrogen-bond donors (Lipinski definition) is 2. The lowest BCUT2D eigenvalue weighted by molar-refractivity contribution is -0.120. The minimum absolute atomic E-state index is 0. The van der Waals surface area contributed by atoms with Crippen molar-refractivity contribution in [3.63, 3.8) is 0 Å². The van der Waals surface area contributed by atoms with E-state index in [-0.39, 0.29) is 24.2 Å². The second-order valence-corrected chi connectivity index (χ2v) is 5.40. The zero-order valence-corrected chi connectivity index (χ0v) is 11.7. The number of carbonyl (C=O) groups is 1. The van der Waals surface area contributed by atoms with Gasteiger partial charge in [-0.2, -0.15) is 0 Å². The van der Waals surface area contributed by atoms with E-state index in [0.717, 1.165) is 41.6 Å². The Morgan fingerprint density at radius 2 is 2.29 bits per heavy atom. The standard InChI is InChI=1S/C11H17N3OS.ClH/c1-7-8(2)16-11(13-7)14-10(15)9-4-3-5-12-6-9;/h9,12H,3-6H2,1-2H3,(H,13,14,15);1H/t9-;/m1./s1. The lowest BCUT2D eigenvalue weighted by Crippen LogP contribution is -2.37. The monoisotopic (exact) mass is 275 g/mol. The van der Waals surface area contributed by atoms with Crippen molar-refractivity contribution < 1.29 is 4.79 Å². The first-order chi connectivity index (χ1) is 7.66. The molecule has 0 bridgehead atoms. The van der Waals surface area contributed by atoms with Crippen molar-refractivity contribution in [2.75, 3.05) is 18.4 Å². The number of rotatable bonds is 2. The van der Waals surface area contributed by atoms with Crippen LogP contribution >= 0.6 is 23.7 Å². The highest BCUT2D eigenvalue weighted by Crippen LogP contribution is 2.22. The van der Waals surface area contributed by atoms with Gasteiger partial charge in [0.15, 0.2) is 5.13 Å². The van der Waals surface area contributed by atoms with E-state index >= 15 is 0 Å². The second kappa shape index (κ2) is 6.33. The highest BCUT2D eigenvalue weighted by Gasteiger charge is 2.21. The fraction of sp³-hybridized carbons (Fsp3) is 0.636. The molecule has 1 atom stereocenters. The van der Waals surface area contributed by atoms with Gasteiger partial charge in [-0.1, -0.05) is 0 Å². The minimum atomic E-state index is 0. The molecule has 1 aliphatic heterocycles. The quantitative estimate of drug-likeness (QED) is 0.869. The van der Waals surface area contributed by atoms with Crippen molar-refractivity contribution in [3.05, 3.63) is 10.6 Å². The predicted molar refractivity (Wildman–Crippen MR) is 73.1 cm³/mol. The van der Waals surface area contributed by atoms with Gasteiger partial charge >= 0.3 is 0 Å². The number of nitrogens with one attached hydrogen (secondary N) is 2. The molecule has 2 N–H and O–H groups in total. The number of aromatic nitrogens is 1. The molecular weight excluding hydrogens is 258 g/mol. The van der Waals surface area contributed by atoms with E-state index in [9.17, 15) is 4.79 Å². The van der Waals surface area contributed by atoms with Crippen LogP contribution in [0.3, 0.4) is 0 Å². The average molecular weight is 276 g/mol. The summed E-state index contributed by atoms with van der Waals surface area (Å²) in [5, 5.41) is 6.87. The van der Waals surface area contributed by atoms with Crippen molar-refractivity contribution in [2.45, 2.75) is 26.7 Å². The van der Waals surface area contributed by atoms with Gasteiger partial charge in [-0.3, -0.25) is 4.79 Å². The minimum Gasteiger partial charge on any atom is -0.316 e. The summed E-state index contributed by atoms with van der Waals surface area (Å²) in [5.74, 6) is 0.194. The van der Waals surface area contributed by atoms with Crippen LogP contribution in [0.1, 0.15) is 23.4 Å². The van der Waals surface area contributed by atoms with E-state index in [2.05, 4.69) is 15.6 Å². The molecule has 1 aliphatic rings. The van der Waals surface area contributed by atoms with Crippen molar-refractivity contribution in [3.8, 4) is 0 Å². The van der Waals surface area contributed by atoms with Crippen LogP contribution in [0, 0.1) is 19.8 Å². The molecule has 17 heavy (non-hydrogen) atoms. The molecule has 0 saturated carbocycles. The predicted octanol–water partition coefficient (Wildman–Crippen LogP) is 2.12. The molecular formula is C11H18ClN3OS. The number of hydrogen-bond acceptors (Lipinski definition) is 4. The summed E-state index contributed by atoms with van der Waals surface area (Å²) in [6.45, 7) is 5.79. The van der Waals surface area contributed by atoms with E-state index in [1.54, 1.807) is 11.3 Å². The molecule has 96 valence electrons. The van der Waals surface area contributed by atoms with Gasteiger partial charge in [0, 0.05) is 11.4 Å². The summed E-state index contributed by atoms with van der Waals surface area (Å²) in [5.41, 5.74) is 1.00. The number of carbonyl (C=O) groups excluding carboxylic acids is 1. The molecule has 0 spiro atoms. The van der Waals surface area contributed by atoms with Gasteiger partial charge in [-0.05, 0) is 33.2 Å². The highest BCUT2D eigenvalue weighted by atomic mass is 35.5. The summed E-state index contributed by atoms with van der Waals surface area (Å²) >= 11 is 1.54. The van der Waals surface area contributed by atoms with Crippen LogP contribution in [-0.4, -0.2) is 24.0 Å². The Morgan fingerprint density at radius 1 is 1.53 bits per heavy atom. The largest absolute Gasteiger partial charge is 0.316 e. The van der Waals surface area contributed by atoms with Gasteiger partial charge < -0.3 is 10.6 Å². The van der Waals surface area contributed by atoms with Gasteiger partial charge in [0.2, 0.25) is 5.91 Å². The Kier molecular flexibility index (Phi) is 5.36. The molecule has 2 heterocycles. The molecule has 1 fully saturated rings. The van der Waals surface area contributed by atoms with E-state index in [1.807, 2.05) is 13.8 Å². The number of halogens is 1. The van der Waals surface area contributed by atoms with Crippen molar-refractivity contribution in [1.82, 2.24) is 10.3 Å². The van der Waals surface area contributed by atoms with Gasteiger partial charge in [-0.15, -0.1) is 23.7 Å². The zero-order valence-electron chi connectivity index (χ0n) is 10.1. The SMILES string of the molecule is Cc1nc(NC(=O)[C@@H]2CCCNC2)sc1C.Cl. The van der Waals surface area contributed by atoms with E-state index in [4.69, 9.17) is 0 Å². The smallest absolute Gasteiger partial charge is 0.230 e. The Bertz CT molecular complexity index is 369. The van der Waals surface area contributed by atoms with Gasteiger partial charge in [0.05, 0.1) is 11.6 Å². The average Bonchev–Trinajstić information content (AvgIpc) is 2.59. The molecule has 1 amide bonds. The van der Waals surface area contributed by atoms with Crippen LogP contribution in [0.15, 0.2) is 0 Å². The van der Waals surface area contributed by atoms with Crippen LogP contribution in [0.2, 0.25) is 0 Å². The van der Waals surface area contributed by atoms with Crippen LogP contribution in [0.4, 0.5) is 5.13 Å². The van der Waals surface area contributed by atoms with E-state index in [1.165, 1.54) is 0 Å². The molecule has 4 nitrogen and oxygen atoms in total. The Labute approximate surface area is 112 Å². The van der Waals surface area contributed by atoms with Gasteiger partial charge in [0.25, 0.3) is 0 Å². The first kappa shape index (κ1) is 14.4. The molecule has 6 heteroatoms. The van der Waals surface area contributed by atoms with E-state index < -0.39 is 0 Å². The number of nitrogens with zero attached hydrogens (tertiary/aromatic N) is 1. The van der Waals surface area contributed by atoms with E-state index in [0.29, 0.717) is 0 Å². The lowest BCUT2D eigenvalue weighted by Gasteiger charge is -2.21.